The Bertz CT molecular complexity index is 386. The minimum Gasteiger partial charge on any atom is -0.304 e. The molecule has 2 heteroatoms. The molecule has 0 atom stereocenters. The molecule has 0 N–H and O–H groups in total. The van der Waals surface area contributed by atoms with Crippen LogP contribution in [0, 0.1) is 0 Å². The van der Waals surface area contributed by atoms with Crippen LogP contribution >= 0.6 is 12.4 Å². The molecular weight excluding hydrogens is 482 g/mol. The fourth-order valence-electron chi connectivity index (χ4n) is 5.84. The third-order valence-corrected chi connectivity index (χ3v) is 8.60. The summed E-state index contributed by atoms with van der Waals surface area (Å²) in [7, 11) is 0. The number of halogens is 1. The van der Waals surface area contributed by atoms with Gasteiger partial charge in [-0.25, -0.2) is 0 Å². The molecule has 0 spiro atoms. The first-order valence-electron chi connectivity index (χ1n) is 18.1. The Morgan fingerprint density at radius 3 is 0.632 bits per heavy atom. The first-order chi connectivity index (χ1) is 18.3. The van der Waals surface area contributed by atoms with Crippen LogP contribution in [-0.4, -0.2) is 24.5 Å². The average molecular weight is 558 g/mol. The third-order valence-electron chi connectivity index (χ3n) is 8.60. The number of rotatable bonds is 33. The SMILES string of the molecule is CCCCCCCCCCCCCCCCCCCCCCN(CC)CCCCCCCCCCCC.Cl. The Hall–Kier alpha value is 0.250. The van der Waals surface area contributed by atoms with Crippen LogP contribution in [0.5, 0.6) is 0 Å². The molecule has 0 saturated heterocycles. The molecule has 38 heavy (non-hydrogen) atoms. The molecular formula is C36H76ClN. The molecule has 0 aliphatic carbocycles. The highest BCUT2D eigenvalue weighted by Crippen LogP contribution is 2.15. The minimum absolute atomic E-state index is 0. The van der Waals surface area contributed by atoms with E-state index in [0.717, 1.165) is 0 Å². The highest BCUT2D eigenvalue weighted by molar-refractivity contribution is 5.85. The fourth-order valence-corrected chi connectivity index (χ4v) is 5.84. The van der Waals surface area contributed by atoms with Crippen LogP contribution < -0.4 is 0 Å². The Balaban J connectivity index is 0. The van der Waals surface area contributed by atoms with Gasteiger partial charge in [0.2, 0.25) is 0 Å². The molecule has 232 valence electrons. The van der Waals surface area contributed by atoms with E-state index in [-0.39, 0.29) is 12.4 Å². The molecule has 0 radical (unpaired) electrons. The Morgan fingerprint density at radius 1 is 0.263 bits per heavy atom. The molecule has 0 aliphatic heterocycles. The molecule has 1 nitrogen and oxygen atoms in total. The predicted molar refractivity (Wildman–Crippen MR) is 179 cm³/mol. The molecule has 0 rings (SSSR count). The van der Waals surface area contributed by atoms with Gasteiger partial charge in [-0.15, -0.1) is 12.4 Å². The van der Waals surface area contributed by atoms with E-state index >= 15 is 0 Å². The molecule has 0 fully saturated rings. The second-order valence-electron chi connectivity index (χ2n) is 12.3. The number of hydrogen-bond donors (Lipinski definition) is 0. The number of unbranched alkanes of at least 4 members (excludes halogenated alkanes) is 28. The summed E-state index contributed by atoms with van der Waals surface area (Å²) in [5.74, 6) is 0. The van der Waals surface area contributed by atoms with E-state index < -0.39 is 0 Å². The first-order valence-corrected chi connectivity index (χ1v) is 18.1. The summed E-state index contributed by atoms with van der Waals surface area (Å²) in [5.41, 5.74) is 0. The van der Waals surface area contributed by atoms with Crippen molar-refractivity contribution in [3.05, 3.63) is 0 Å². The van der Waals surface area contributed by atoms with Crippen molar-refractivity contribution in [3.8, 4) is 0 Å². The van der Waals surface area contributed by atoms with E-state index in [2.05, 4.69) is 25.7 Å². The van der Waals surface area contributed by atoms with Crippen molar-refractivity contribution in [2.24, 2.45) is 0 Å². The fraction of sp³-hybridized carbons (Fsp3) is 1.00. The Kier molecular flexibility index (Phi) is 39.6. The van der Waals surface area contributed by atoms with E-state index in [1.807, 2.05) is 0 Å². The molecule has 0 bridgehead atoms. The minimum atomic E-state index is 0. The summed E-state index contributed by atoms with van der Waals surface area (Å²) in [4.78, 5) is 2.71. The highest BCUT2D eigenvalue weighted by Gasteiger charge is 2.02. The standard InChI is InChI=1S/C36H75N.ClH/c1-4-7-9-11-13-15-17-18-19-20-21-22-23-24-25-26-28-30-32-34-36-37(6-3)35-33-31-29-27-16-14-12-10-8-5-2;/h4-36H2,1-3H3;1H. The predicted octanol–water partition coefficient (Wildman–Crippen LogP) is 13.5. The van der Waals surface area contributed by atoms with Crippen molar-refractivity contribution in [2.45, 2.75) is 213 Å². The first kappa shape index (κ1) is 40.4. The van der Waals surface area contributed by atoms with Crippen LogP contribution in [0.15, 0.2) is 0 Å². The highest BCUT2D eigenvalue weighted by atomic mass is 35.5. The van der Waals surface area contributed by atoms with Crippen molar-refractivity contribution in [1.29, 1.82) is 0 Å². The van der Waals surface area contributed by atoms with Gasteiger partial charge >= 0.3 is 0 Å². The van der Waals surface area contributed by atoms with E-state index in [1.165, 1.54) is 212 Å². The molecule has 0 amide bonds. The van der Waals surface area contributed by atoms with Crippen molar-refractivity contribution >= 4 is 12.4 Å². The molecule has 0 saturated carbocycles. The van der Waals surface area contributed by atoms with Gasteiger partial charge in [-0.1, -0.05) is 201 Å². The monoisotopic (exact) mass is 558 g/mol. The molecule has 0 aromatic heterocycles. The Labute approximate surface area is 249 Å². The van der Waals surface area contributed by atoms with Crippen LogP contribution in [0.2, 0.25) is 0 Å². The maximum atomic E-state index is 2.71. The van der Waals surface area contributed by atoms with Crippen molar-refractivity contribution in [3.63, 3.8) is 0 Å². The van der Waals surface area contributed by atoms with E-state index in [9.17, 15) is 0 Å². The van der Waals surface area contributed by atoms with Crippen LogP contribution in [0.1, 0.15) is 213 Å². The zero-order chi connectivity index (χ0) is 26.9. The van der Waals surface area contributed by atoms with Gasteiger partial charge in [-0.05, 0) is 32.5 Å². The van der Waals surface area contributed by atoms with E-state index in [0.29, 0.717) is 0 Å². The average Bonchev–Trinajstić information content (AvgIpc) is 2.91. The van der Waals surface area contributed by atoms with Crippen LogP contribution in [0.4, 0.5) is 0 Å². The smallest absolute Gasteiger partial charge is 0.00189 e. The van der Waals surface area contributed by atoms with Crippen molar-refractivity contribution < 1.29 is 0 Å². The van der Waals surface area contributed by atoms with E-state index in [4.69, 9.17) is 0 Å². The summed E-state index contributed by atoms with van der Waals surface area (Å²) in [6.45, 7) is 10.9. The van der Waals surface area contributed by atoms with Crippen LogP contribution in [0.3, 0.4) is 0 Å². The summed E-state index contributed by atoms with van der Waals surface area (Å²) in [5, 5.41) is 0. The van der Waals surface area contributed by atoms with Gasteiger partial charge in [-0.3, -0.25) is 0 Å². The topological polar surface area (TPSA) is 3.24 Å². The Morgan fingerprint density at radius 2 is 0.447 bits per heavy atom. The zero-order valence-corrected chi connectivity index (χ0v) is 28.0. The largest absolute Gasteiger partial charge is 0.304 e. The maximum absolute atomic E-state index is 2.71. The quantitative estimate of drug-likeness (QED) is 0.0725. The second kappa shape index (κ2) is 37.2. The van der Waals surface area contributed by atoms with Gasteiger partial charge < -0.3 is 4.90 Å². The van der Waals surface area contributed by atoms with Gasteiger partial charge in [0.25, 0.3) is 0 Å². The zero-order valence-electron chi connectivity index (χ0n) is 27.2. The molecule has 0 aliphatic rings. The lowest BCUT2D eigenvalue weighted by atomic mass is 10.0. The second-order valence-corrected chi connectivity index (χ2v) is 12.3. The van der Waals surface area contributed by atoms with Crippen molar-refractivity contribution in [2.75, 3.05) is 19.6 Å². The summed E-state index contributed by atoms with van der Waals surface area (Å²) < 4.78 is 0. The van der Waals surface area contributed by atoms with E-state index in [1.54, 1.807) is 0 Å². The number of nitrogens with zero attached hydrogens (tertiary/aromatic N) is 1. The van der Waals surface area contributed by atoms with Crippen LogP contribution in [-0.2, 0) is 0 Å². The molecule has 0 aromatic carbocycles. The summed E-state index contributed by atoms with van der Waals surface area (Å²) in [6.07, 6.45) is 43.9. The summed E-state index contributed by atoms with van der Waals surface area (Å²) >= 11 is 0. The van der Waals surface area contributed by atoms with Crippen LogP contribution in [0.25, 0.3) is 0 Å². The van der Waals surface area contributed by atoms with Gasteiger partial charge in [0.15, 0.2) is 0 Å². The lowest BCUT2D eigenvalue weighted by molar-refractivity contribution is 0.273. The normalized spacial score (nSPS) is 11.4. The molecule has 0 unspecified atom stereocenters. The third kappa shape index (κ3) is 34.3. The maximum Gasteiger partial charge on any atom is -0.00189 e. The van der Waals surface area contributed by atoms with Gasteiger partial charge in [0.05, 0.1) is 0 Å². The summed E-state index contributed by atoms with van der Waals surface area (Å²) in [6, 6.07) is 0. The van der Waals surface area contributed by atoms with Gasteiger partial charge in [0.1, 0.15) is 0 Å². The van der Waals surface area contributed by atoms with Gasteiger partial charge in [0, 0.05) is 0 Å². The molecule has 0 aromatic rings. The lowest BCUT2D eigenvalue weighted by Gasteiger charge is -2.20. The molecule has 0 heterocycles. The van der Waals surface area contributed by atoms with Crippen molar-refractivity contribution in [1.82, 2.24) is 4.90 Å². The lowest BCUT2D eigenvalue weighted by Crippen LogP contribution is -2.25. The van der Waals surface area contributed by atoms with Gasteiger partial charge in [-0.2, -0.15) is 0 Å². The number of hydrogen-bond acceptors (Lipinski definition) is 1.